The lowest BCUT2D eigenvalue weighted by molar-refractivity contribution is -0.137. The third-order valence-electron chi connectivity index (χ3n) is 6.83. The number of fused-ring (bicyclic) bond motifs is 1. The maximum Gasteiger partial charge on any atom is 0.315 e. The molecule has 6 nitrogen and oxygen atoms in total. The Morgan fingerprint density at radius 2 is 1.72 bits per heavy atom. The van der Waals surface area contributed by atoms with Crippen LogP contribution >= 0.6 is 11.3 Å². The van der Waals surface area contributed by atoms with Gasteiger partial charge in [-0.2, -0.15) is 0 Å². The number of thiophene rings is 1. The first kappa shape index (κ1) is 20.7. The van der Waals surface area contributed by atoms with Crippen molar-refractivity contribution in [3.05, 3.63) is 21.9 Å². The van der Waals surface area contributed by atoms with Crippen molar-refractivity contribution in [3.63, 3.8) is 0 Å². The van der Waals surface area contributed by atoms with Gasteiger partial charge in [0.1, 0.15) is 0 Å². The minimum atomic E-state index is -0.0906. The number of carbonyl (C=O) groups excluding carboxylic acids is 2. The molecule has 160 valence electrons. The normalized spacial score (nSPS) is 22.7. The van der Waals surface area contributed by atoms with Gasteiger partial charge in [0.15, 0.2) is 0 Å². The van der Waals surface area contributed by atoms with E-state index in [-0.39, 0.29) is 24.0 Å². The second kappa shape index (κ2) is 9.47. The SMILES string of the molecule is CC(C(=O)N1CCc2sccc2C1)N1CCC(NC(=O)NC2CCCCC2)CC1. The van der Waals surface area contributed by atoms with Gasteiger partial charge in [0.05, 0.1) is 6.04 Å². The van der Waals surface area contributed by atoms with Crippen LogP contribution in [-0.4, -0.2) is 59.5 Å². The molecule has 3 aliphatic rings. The van der Waals surface area contributed by atoms with Crippen LogP contribution in [0.2, 0.25) is 0 Å². The Hall–Kier alpha value is -1.60. The summed E-state index contributed by atoms with van der Waals surface area (Å²) in [6.07, 6.45) is 8.74. The molecular formula is C22H34N4O2S. The smallest absolute Gasteiger partial charge is 0.315 e. The van der Waals surface area contributed by atoms with Crippen molar-refractivity contribution in [1.29, 1.82) is 0 Å². The summed E-state index contributed by atoms with van der Waals surface area (Å²) in [5, 5.41) is 8.43. The average molecular weight is 419 g/mol. The molecule has 7 heteroatoms. The van der Waals surface area contributed by atoms with Gasteiger partial charge in [-0.1, -0.05) is 19.3 Å². The topological polar surface area (TPSA) is 64.7 Å². The predicted octanol–water partition coefficient (Wildman–Crippen LogP) is 3.12. The van der Waals surface area contributed by atoms with E-state index in [0.717, 1.165) is 58.3 Å². The van der Waals surface area contributed by atoms with Gasteiger partial charge in [0, 0.05) is 43.1 Å². The van der Waals surface area contributed by atoms with Gasteiger partial charge in [0.2, 0.25) is 5.91 Å². The molecule has 1 aromatic heterocycles. The van der Waals surface area contributed by atoms with Gasteiger partial charge in [-0.15, -0.1) is 11.3 Å². The number of hydrogen-bond donors (Lipinski definition) is 2. The molecule has 0 spiro atoms. The zero-order valence-electron chi connectivity index (χ0n) is 17.5. The third-order valence-corrected chi connectivity index (χ3v) is 7.85. The molecule has 3 amide bonds. The monoisotopic (exact) mass is 418 g/mol. The van der Waals surface area contributed by atoms with Crippen LogP contribution in [0.4, 0.5) is 4.79 Å². The first-order valence-corrected chi connectivity index (χ1v) is 12.1. The molecule has 1 unspecified atom stereocenters. The first-order chi connectivity index (χ1) is 14.1. The second-order valence-corrected chi connectivity index (χ2v) is 9.82. The lowest BCUT2D eigenvalue weighted by Gasteiger charge is -2.38. The summed E-state index contributed by atoms with van der Waals surface area (Å²) in [6.45, 7) is 5.34. The number of urea groups is 1. The molecule has 2 N–H and O–H groups in total. The number of nitrogens with zero attached hydrogens (tertiary/aromatic N) is 2. The van der Waals surface area contributed by atoms with Crippen molar-refractivity contribution >= 4 is 23.3 Å². The molecule has 2 aliphatic heterocycles. The molecule has 0 radical (unpaired) electrons. The van der Waals surface area contributed by atoms with Crippen LogP contribution in [0.25, 0.3) is 0 Å². The zero-order chi connectivity index (χ0) is 20.2. The maximum atomic E-state index is 13.0. The number of piperidine rings is 1. The molecule has 1 aliphatic carbocycles. The van der Waals surface area contributed by atoms with E-state index in [1.807, 2.05) is 11.8 Å². The quantitative estimate of drug-likeness (QED) is 0.790. The van der Waals surface area contributed by atoms with Crippen LogP contribution in [0.1, 0.15) is 62.3 Å². The van der Waals surface area contributed by atoms with Crippen LogP contribution in [-0.2, 0) is 17.8 Å². The van der Waals surface area contributed by atoms with Crippen LogP contribution in [0, 0.1) is 0 Å². The molecule has 1 saturated heterocycles. The Labute approximate surface area is 178 Å². The first-order valence-electron chi connectivity index (χ1n) is 11.3. The predicted molar refractivity (Wildman–Crippen MR) is 116 cm³/mol. The largest absolute Gasteiger partial charge is 0.337 e. The fraction of sp³-hybridized carbons (Fsp3) is 0.727. The van der Waals surface area contributed by atoms with Crippen LogP contribution in [0.3, 0.4) is 0 Å². The highest BCUT2D eigenvalue weighted by Gasteiger charge is 2.31. The van der Waals surface area contributed by atoms with E-state index in [4.69, 9.17) is 0 Å². The summed E-state index contributed by atoms with van der Waals surface area (Å²) < 4.78 is 0. The number of carbonyl (C=O) groups is 2. The number of rotatable bonds is 4. The minimum Gasteiger partial charge on any atom is -0.337 e. The standard InChI is InChI=1S/C22H34N4O2S/c1-16(21(27)26-13-9-20-17(15-26)10-14-29-20)25-11-7-19(8-12-25)24-22(28)23-18-5-3-2-4-6-18/h10,14,16,18-19H,2-9,11-13,15H2,1H3,(H2,23,24,28). The van der Waals surface area contributed by atoms with Crippen molar-refractivity contribution in [2.24, 2.45) is 0 Å². The van der Waals surface area contributed by atoms with E-state index in [9.17, 15) is 9.59 Å². The molecule has 0 bridgehead atoms. The van der Waals surface area contributed by atoms with Gasteiger partial charge in [-0.3, -0.25) is 9.69 Å². The minimum absolute atomic E-state index is 0.0145. The molecule has 0 aromatic carbocycles. The van der Waals surface area contributed by atoms with Crippen LogP contribution in [0.5, 0.6) is 0 Å². The average Bonchev–Trinajstić information content (AvgIpc) is 3.22. The lowest BCUT2D eigenvalue weighted by Crippen LogP contribution is -2.54. The number of nitrogens with one attached hydrogen (secondary N) is 2. The van der Waals surface area contributed by atoms with Crippen LogP contribution in [0.15, 0.2) is 11.4 Å². The van der Waals surface area contributed by atoms with Crippen molar-refractivity contribution in [2.75, 3.05) is 19.6 Å². The molecule has 2 fully saturated rings. The number of amides is 3. The highest BCUT2D eigenvalue weighted by molar-refractivity contribution is 7.10. The Bertz CT molecular complexity index is 707. The lowest BCUT2D eigenvalue weighted by atomic mass is 9.96. The van der Waals surface area contributed by atoms with E-state index < -0.39 is 0 Å². The molecule has 4 rings (SSSR count). The fourth-order valence-corrected chi connectivity index (χ4v) is 5.84. The summed E-state index contributed by atoms with van der Waals surface area (Å²) in [7, 11) is 0. The summed E-state index contributed by atoms with van der Waals surface area (Å²) in [5.41, 5.74) is 1.31. The van der Waals surface area contributed by atoms with E-state index in [2.05, 4.69) is 27.0 Å². The summed E-state index contributed by atoms with van der Waals surface area (Å²) >= 11 is 1.80. The molecule has 1 saturated carbocycles. The number of hydrogen-bond acceptors (Lipinski definition) is 4. The Kier molecular flexibility index (Phi) is 6.75. The van der Waals surface area contributed by atoms with Crippen molar-refractivity contribution in [2.45, 2.75) is 83.0 Å². The van der Waals surface area contributed by atoms with E-state index in [1.165, 1.54) is 29.7 Å². The zero-order valence-corrected chi connectivity index (χ0v) is 18.3. The Morgan fingerprint density at radius 1 is 1.03 bits per heavy atom. The molecule has 3 heterocycles. The van der Waals surface area contributed by atoms with Gasteiger partial charge in [-0.25, -0.2) is 4.79 Å². The molecule has 1 aromatic rings. The summed E-state index contributed by atoms with van der Waals surface area (Å²) in [6, 6.07) is 2.60. The summed E-state index contributed by atoms with van der Waals surface area (Å²) in [5.74, 6) is 0.239. The van der Waals surface area contributed by atoms with Crippen LogP contribution < -0.4 is 10.6 Å². The maximum absolute atomic E-state index is 13.0. The van der Waals surface area contributed by atoms with Gasteiger partial charge >= 0.3 is 6.03 Å². The Balaban J connectivity index is 1.20. The number of likely N-dealkylation sites (tertiary alicyclic amines) is 1. The highest BCUT2D eigenvalue weighted by atomic mass is 32.1. The van der Waals surface area contributed by atoms with E-state index in [0.29, 0.717) is 6.04 Å². The summed E-state index contributed by atoms with van der Waals surface area (Å²) in [4.78, 5) is 31.0. The van der Waals surface area contributed by atoms with Crippen molar-refractivity contribution in [1.82, 2.24) is 20.4 Å². The molecular weight excluding hydrogens is 384 g/mol. The second-order valence-electron chi connectivity index (χ2n) is 8.82. The highest BCUT2D eigenvalue weighted by Crippen LogP contribution is 2.25. The Morgan fingerprint density at radius 3 is 2.45 bits per heavy atom. The van der Waals surface area contributed by atoms with Crippen molar-refractivity contribution in [3.8, 4) is 0 Å². The van der Waals surface area contributed by atoms with Gasteiger partial charge in [0.25, 0.3) is 0 Å². The molecule has 1 atom stereocenters. The fourth-order valence-electron chi connectivity index (χ4n) is 4.95. The molecule has 29 heavy (non-hydrogen) atoms. The van der Waals surface area contributed by atoms with Gasteiger partial charge < -0.3 is 15.5 Å². The van der Waals surface area contributed by atoms with Crippen molar-refractivity contribution < 1.29 is 9.59 Å². The third kappa shape index (κ3) is 5.12. The van der Waals surface area contributed by atoms with E-state index >= 15 is 0 Å². The van der Waals surface area contributed by atoms with Gasteiger partial charge in [-0.05, 0) is 56.0 Å². The van der Waals surface area contributed by atoms with E-state index in [1.54, 1.807) is 11.3 Å².